The van der Waals surface area contributed by atoms with Crippen LogP contribution in [0.4, 0.5) is 5.69 Å². The molecule has 0 fully saturated rings. The van der Waals surface area contributed by atoms with Gasteiger partial charge in [0.1, 0.15) is 0 Å². The van der Waals surface area contributed by atoms with Crippen molar-refractivity contribution in [3.8, 4) is 0 Å². The van der Waals surface area contributed by atoms with Crippen LogP contribution in [-0.2, 0) is 6.42 Å². The standard InChI is InChI=1S/C16H16Br2ClN/c1-10-7-14(18)16(9-15(10)19)20-11(2)8-12-3-5-13(17)6-4-12/h3-7,9,11,20H,8H2,1-2H3. The second-order valence-electron chi connectivity index (χ2n) is 4.96. The lowest BCUT2D eigenvalue weighted by Crippen LogP contribution is -2.18. The van der Waals surface area contributed by atoms with Gasteiger partial charge in [0.15, 0.2) is 0 Å². The Balaban J connectivity index is 2.06. The first kappa shape index (κ1) is 15.9. The Morgan fingerprint density at radius 1 is 1.15 bits per heavy atom. The third kappa shape index (κ3) is 4.24. The van der Waals surface area contributed by atoms with E-state index in [1.54, 1.807) is 0 Å². The molecule has 20 heavy (non-hydrogen) atoms. The smallest absolute Gasteiger partial charge is 0.0501 e. The van der Waals surface area contributed by atoms with Crippen molar-refractivity contribution in [2.75, 3.05) is 5.32 Å². The number of halogens is 3. The minimum Gasteiger partial charge on any atom is -0.381 e. The van der Waals surface area contributed by atoms with Gasteiger partial charge in [-0.1, -0.05) is 39.7 Å². The Morgan fingerprint density at radius 3 is 2.45 bits per heavy atom. The number of benzene rings is 2. The van der Waals surface area contributed by atoms with Gasteiger partial charge >= 0.3 is 0 Å². The van der Waals surface area contributed by atoms with Crippen LogP contribution >= 0.6 is 43.5 Å². The first-order chi connectivity index (χ1) is 9.45. The zero-order valence-corrected chi connectivity index (χ0v) is 15.3. The van der Waals surface area contributed by atoms with E-state index in [9.17, 15) is 0 Å². The second-order valence-corrected chi connectivity index (χ2v) is 7.13. The Morgan fingerprint density at radius 2 is 1.80 bits per heavy atom. The molecule has 1 nitrogen and oxygen atoms in total. The number of nitrogens with one attached hydrogen (secondary N) is 1. The Labute approximate surface area is 142 Å². The van der Waals surface area contributed by atoms with Gasteiger partial charge in [-0.3, -0.25) is 0 Å². The lowest BCUT2D eigenvalue weighted by molar-refractivity contribution is 0.789. The molecule has 1 N–H and O–H groups in total. The fraction of sp³-hybridized carbons (Fsp3) is 0.250. The summed E-state index contributed by atoms with van der Waals surface area (Å²) in [7, 11) is 0. The summed E-state index contributed by atoms with van der Waals surface area (Å²) in [5, 5.41) is 4.28. The summed E-state index contributed by atoms with van der Waals surface area (Å²) < 4.78 is 2.15. The zero-order valence-electron chi connectivity index (χ0n) is 11.4. The maximum absolute atomic E-state index is 6.18. The molecular formula is C16H16Br2ClN. The van der Waals surface area contributed by atoms with Gasteiger partial charge in [0.2, 0.25) is 0 Å². The number of anilines is 1. The van der Waals surface area contributed by atoms with E-state index >= 15 is 0 Å². The highest BCUT2D eigenvalue weighted by Gasteiger charge is 2.08. The summed E-state index contributed by atoms with van der Waals surface area (Å²) in [6.07, 6.45) is 0.964. The molecule has 2 aromatic carbocycles. The van der Waals surface area contributed by atoms with Gasteiger partial charge in [0.05, 0.1) is 5.69 Å². The fourth-order valence-corrected chi connectivity index (χ4v) is 3.05. The summed E-state index contributed by atoms with van der Waals surface area (Å²) in [5.74, 6) is 0. The van der Waals surface area contributed by atoms with Gasteiger partial charge < -0.3 is 5.32 Å². The summed E-state index contributed by atoms with van der Waals surface area (Å²) >= 11 is 13.2. The van der Waals surface area contributed by atoms with Crippen molar-refractivity contribution >= 4 is 49.1 Å². The Bertz CT molecular complexity index is 596. The molecule has 0 aromatic heterocycles. The van der Waals surface area contributed by atoms with Gasteiger partial charge in [-0.05, 0) is 71.6 Å². The molecule has 4 heteroatoms. The Kier molecular flexibility index (Phi) is 5.53. The summed E-state index contributed by atoms with van der Waals surface area (Å²) in [6, 6.07) is 12.8. The van der Waals surface area contributed by atoms with E-state index in [1.165, 1.54) is 5.56 Å². The number of hydrogen-bond acceptors (Lipinski definition) is 1. The van der Waals surface area contributed by atoms with Crippen LogP contribution in [0, 0.1) is 6.92 Å². The van der Waals surface area contributed by atoms with Crippen LogP contribution < -0.4 is 5.32 Å². The maximum Gasteiger partial charge on any atom is 0.0501 e. The summed E-state index contributed by atoms with van der Waals surface area (Å²) in [4.78, 5) is 0. The van der Waals surface area contributed by atoms with E-state index in [4.69, 9.17) is 11.6 Å². The van der Waals surface area contributed by atoms with Crippen molar-refractivity contribution < 1.29 is 0 Å². The molecule has 0 aliphatic rings. The number of rotatable bonds is 4. The lowest BCUT2D eigenvalue weighted by atomic mass is 10.1. The van der Waals surface area contributed by atoms with Crippen LogP contribution in [0.25, 0.3) is 0 Å². The highest BCUT2D eigenvalue weighted by Crippen LogP contribution is 2.29. The Hall–Kier alpha value is -0.510. The van der Waals surface area contributed by atoms with Crippen molar-refractivity contribution in [3.63, 3.8) is 0 Å². The molecule has 0 radical (unpaired) electrons. The van der Waals surface area contributed by atoms with Crippen LogP contribution in [0.1, 0.15) is 18.1 Å². The minimum absolute atomic E-state index is 0.325. The first-order valence-electron chi connectivity index (χ1n) is 6.42. The molecule has 2 rings (SSSR count). The monoisotopic (exact) mass is 415 g/mol. The molecule has 0 spiro atoms. The van der Waals surface area contributed by atoms with Crippen molar-refractivity contribution in [2.24, 2.45) is 0 Å². The van der Waals surface area contributed by atoms with Crippen molar-refractivity contribution in [1.29, 1.82) is 0 Å². The van der Waals surface area contributed by atoms with E-state index in [2.05, 4.69) is 68.4 Å². The van der Waals surface area contributed by atoms with Gasteiger partial charge in [0.25, 0.3) is 0 Å². The highest BCUT2D eigenvalue weighted by molar-refractivity contribution is 9.10. The average Bonchev–Trinajstić information content (AvgIpc) is 2.39. The average molecular weight is 418 g/mol. The summed E-state index contributed by atoms with van der Waals surface area (Å²) in [5.41, 5.74) is 3.41. The third-order valence-electron chi connectivity index (χ3n) is 3.11. The number of hydrogen-bond donors (Lipinski definition) is 1. The molecular weight excluding hydrogens is 401 g/mol. The molecule has 0 aliphatic carbocycles. The molecule has 0 saturated carbocycles. The molecule has 0 amide bonds. The van der Waals surface area contributed by atoms with Gasteiger partial charge in [-0.25, -0.2) is 0 Å². The van der Waals surface area contributed by atoms with Crippen LogP contribution in [-0.4, -0.2) is 6.04 Å². The molecule has 0 bridgehead atoms. The van der Waals surface area contributed by atoms with Crippen LogP contribution in [0.15, 0.2) is 45.3 Å². The largest absolute Gasteiger partial charge is 0.381 e. The normalized spacial score (nSPS) is 12.2. The van der Waals surface area contributed by atoms with Crippen molar-refractivity contribution in [3.05, 3.63) is 61.5 Å². The van der Waals surface area contributed by atoms with Crippen LogP contribution in [0.2, 0.25) is 5.02 Å². The number of aryl methyl sites for hydroxylation is 1. The SMILES string of the molecule is Cc1cc(Br)c(NC(C)Cc2ccc(Br)cc2)cc1Cl. The van der Waals surface area contributed by atoms with E-state index in [1.807, 2.05) is 19.1 Å². The van der Waals surface area contributed by atoms with Gasteiger partial charge in [0, 0.05) is 20.0 Å². The van der Waals surface area contributed by atoms with E-state index in [0.717, 1.165) is 31.6 Å². The van der Waals surface area contributed by atoms with Crippen molar-refractivity contribution in [2.45, 2.75) is 26.3 Å². The fourth-order valence-electron chi connectivity index (χ4n) is 2.05. The molecule has 0 heterocycles. The molecule has 106 valence electrons. The zero-order chi connectivity index (χ0) is 14.7. The quantitative estimate of drug-likeness (QED) is 0.623. The molecule has 0 saturated heterocycles. The maximum atomic E-state index is 6.18. The van der Waals surface area contributed by atoms with E-state index < -0.39 is 0 Å². The van der Waals surface area contributed by atoms with E-state index in [-0.39, 0.29) is 0 Å². The predicted octanol–water partition coefficient (Wildman–Crippen LogP) is 6.22. The molecule has 1 unspecified atom stereocenters. The van der Waals surface area contributed by atoms with Gasteiger partial charge in [-0.15, -0.1) is 0 Å². The predicted molar refractivity (Wildman–Crippen MR) is 94.8 cm³/mol. The molecule has 1 atom stereocenters. The molecule has 0 aliphatic heterocycles. The minimum atomic E-state index is 0.325. The van der Waals surface area contributed by atoms with Crippen LogP contribution in [0.3, 0.4) is 0 Å². The molecule has 2 aromatic rings. The van der Waals surface area contributed by atoms with Crippen molar-refractivity contribution in [1.82, 2.24) is 0 Å². The van der Waals surface area contributed by atoms with Gasteiger partial charge in [-0.2, -0.15) is 0 Å². The topological polar surface area (TPSA) is 12.0 Å². The summed E-state index contributed by atoms with van der Waals surface area (Å²) in [6.45, 7) is 4.17. The van der Waals surface area contributed by atoms with E-state index in [0.29, 0.717) is 6.04 Å². The first-order valence-corrected chi connectivity index (χ1v) is 8.38. The third-order valence-corrected chi connectivity index (χ3v) is 4.70. The lowest BCUT2D eigenvalue weighted by Gasteiger charge is -2.17. The second kappa shape index (κ2) is 6.97. The highest BCUT2D eigenvalue weighted by atomic mass is 79.9. The van der Waals surface area contributed by atoms with Crippen LogP contribution in [0.5, 0.6) is 0 Å².